The Hall–Kier alpha value is -2.65. The molecule has 2 heterocycles. The van der Waals surface area contributed by atoms with Crippen LogP contribution < -0.4 is 4.90 Å². The van der Waals surface area contributed by atoms with Crippen LogP contribution in [0.25, 0.3) is 6.08 Å². The molecule has 2 aromatic rings. The van der Waals surface area contributed by atoms with Crippen LogP contribution >= 0.6 is 11.3 Å². The van der Waals surface area contributed by atoms with E-state index in [9.17, 15) is 14.4 Å². The van der Waals surface area contributed by atoms with E-state index in [1.54, 1.807) is 29.2 Å². The number of aryl methyl sites for hydroxylation is 1. The van der Waals surface area contributed by atoms with Gasteiger partial charge in [0, 0.05) is 31.1 Å². The Labute approximate surface area is 150 Å². The first-order valence-corrected chi connectivity index (χ1v) is 8.93. The first-order valence-electron chi connectivity index (χ1n) is 8.05. The minimum atomic E-state index is -0.261. The van der Waals surface area contributed by atoms with Gasteiger partial charge in [-0.15, -0.1) is 11.3 Å². The average Bonchev–Trinajstić information content (AvgIpc) is 3.04. The maximum Gasteiger partial charge on any atom is 0.264 e. The van der Waals surface area contributed by atoms with Crippen LogP contribution in [0.5, 0.6) is 0 Å². The highest BCUT2D eigenvalue weighted by atomic mass is 32.1. The maximum atomic E-state index is 13.9. The fraction of sp³-hybridized carbons (Fsp3) is 0.263. The highest BCUT2D eigenvalue weighted by Gasteiger charge is 2.25. The molecule has 4 nitrogen and oxygen atoms in total. The molecule has 0 aliphatic carbocycles. The summed E-state index contributed by atoms with van der Waals surface area (Å²) in [4.78, 5) is 17.1. The van der Waals surface area contributed by atoms with Crippen LogP contribution in [0, 0.1) is 24.1 Å². The van der Waals surface area contributed by atoms with Gasteiger partial charge in [-0.2, -0.15) is 5.26 Å². The summed E-state index contributed by atoms with van der Waals surface area (Å²) in [5, 5.41) is 11.3. The minimum Gasteiger partial charge on any atom is -0.366 e. The molecule has 0 spiro atoms. The lowest BCUT2D eigenvalue weighted by Gasteiger charge is -2.36. The number of rotatable bonds is 3. The van der Waals surface area contributed by atoms with Crippen molar-refractivity contribution in [3.05, 3.63) is 57.5 Å². The van der Waals surface area contributed by atoms with E-state index < -0.39 is 0 Å². The summed E-state index contributed by atoms with van der Waals surface area (Å²) in [6.07, 6.45) is 1.66. The molecule has 128 valence electrons. The standard InChI is InChI=1S/C19H18FN3OS/c1-14-6-11-25-18(14)12-15(13-21)19(24)23-9-7-22(8-10-23)17-5-3-2-4-16(17)20/h2-6,11-12H,7-10H2,1H3/b15-12+. The number of amides is 1. The first kappa shape index (κ1) is 17.2. The van der Waals surface area contributed by atoms with Crippen molar-refractivity contribution >= 4 is 29.0 Å². The second kappa shape index (κ2) is 7.49. The minimum absolute atomic E-state index is 0.143. The van der Waals surface area contributed by atoms with E-state index in [1.165, 1.54) is 17.4 Å². The predicted molar refractivity (Wildman–Crippen MR) is 97.8 cm³/mol. The molecule has 0 radical (unpaired) electrons. The van der Waals surface area contributed by atoms with Crippen molar-refractivity contribution in [2.45, 2.75) is 6.92 Å². The number of carbonyl (C=O) groups is 1. The van der Waals surface area contributed by atoms with Crippen LogP contribution in [0.3, 0.4) is 0 Å². The van der Waals surface area contributed by atoms with Crippen molar-refractivity contribution in [1.29, 1.82) is 5.26 Å². The Morgan fingerprint density at radius 2 is 1.96 bits per heavy atom. The lowest BCUT2D eigenvalue weighted by molar-refractivity contribution is -0.126. The summed E-state index contributed by atoms with van der Waals surface area (Å²) in [6, 6.07) is 10.6. The molecule has 0 bridgehead atoms. The van der Waals surface area contributed by atoms with Gasteiger partial charge in [0.1, 0.15) is 17.5 Å². The van der Waals surface area contributed by atoms with Gasteiger partial charge in [0.2, 0.25) is 0 Å². The molecular formula is C19H18FN3OS. The van der Waals surface area contributed by atoms with Crippen LogP contribution in [-0.4, -0.2) is 37.0 Å². The van der Waals surface area contributed by atoms with E-state index in [0.717, 1.165) is 10.4 Å². The van der Waals surface area contributed by atoms with Gasteiger partial charge in [0.15, 0.2) is 0 Å². The summed E-state index contributed by atoms with van der Waals surface area (Å²) >= 11 is 1.51. The largest absolute Gasteiger partial charge is 0.366 e. The maximum absolute atomic E-state index is 13.9. The number of anilines is 1. The molecule has 1 aromatic carbocycles. The Morgan fingerprint density at radius 1 is 1.24 bits per heavy atom. The van der Waals surface area contributed by atoms with Crippen LogP contribution in [0.15, 0.2) is 41.3 Å². The highest BCUT2D eigenvalue weighted by molar-refractivity contribution is 7.11. The van der Waals surface area contributed by atoms with E-state index in [4.69, 9.17) is 0 Å². The molecule has 3 rings (SSSR count). The number of halogens is 1. The number of nitrogens with zero attached hydrogens (tertiary/aromatic N) is 3. The predicted octanol–water partition coefficient (Wildman–Crippen LogP) is 3.45. The molecule has 1 fully saturated rings. The molecule has 0 atom stereocenters. The van der Waals surface area contributed by atoms with Crippen molar-refractivity contribution in [3.8, 4) is 6.07 Å². The molecule has 0 saturated carbocycles. The summed E-state index contributed by atoms with van der Waals surface area (Å²) in [6.45, 7) is 3.98. The normalized spacial score (nSPS) is 15.2. The fourth-order valence-corrected chi connectivity index (χ4v) is 3.69. The van der Waals surface area contributed by atoms with E-state index in [0.29, 0.717) is 31.9 Å². The third-order valence-corrected chi connectivity index (χ3v) is 5.25. The van der Waals surface area contributed by atoms with Crippen molar-refractivity contribution in [3.63, 3.8) is 0 Å². The molecule has 0 N–H and O–H groups in total. The Morgan fingerprint density at radius 3 is 2.56 bits per heavy atom. The summed E-state index contributed by atoms with van der Waals surface area (Å²) in [7, 11) is 0. The lowest BCUT2D eigenvalue weighted by Crippen LogP contribution is -2.49. The number of hydrogen-bond acceptors (Lipinski definition) is 4. The molecule has 1 aliphatic heterocycles. The third-order valence-electron chi connectivity index (χ3n) is 4.29. The van der Waals surface area contributed by atoms with Crippen molar-refractivity contribution in [2.75, 3.05) is 31.1 Å². The lowest BCUT2D eigenvalue weighted by atomic mass is 10.1. The quantitative estimate of drug-likeness (QED) is 0.626. The van der Waals surface area contributed by atoms with Crippen molar-refractivity contribution in [1.82, 2.24) is 4.90 Å². The Balaban J connectivity index is 1.69. The van der Waals surface area contributed by atoms with Gasteiger partial charge in [-0.25, -0.2) is 4.39 Å². The number of thiophene rings is 1. The molecule has 0 unspecified atom stereocenters. The van der Waals surface area contributed by atoms with Crippen molar-refractivity contribution in [2.24, 2.45) is 0 Å². The number of benzene rings is 1. The van der Waals surface area contributed by atoms with Gasteiger partial charge in [-0.3, -0.25) is 4.79 Å². The van der Waals surface area contributed by atoms with E-state index in [-0.39, 0.29) is 17.3 Å². The average molecular weight is 355 g/mol. The van der Waals surface area contributed by atoms with Crippen LogP contribution in [0.1, 0.15) is 10.4 Å². The van der Waals surface area contributed by atoms with Crippen LogP contribution in [0.4, 0.5) is 10.1 Å². The van der Waals surface area contributed by atoms with Gasteiger partial charge in [0.05, 0.1) is 5.69 Å². The number of nitriles is 1. The van der Waals surface area contributed by atoms with E-state index in [1.807, 2.05) is 29.3 Å². The second-order valence-corrected chi connectivity index (χ2v) is 6.82. The Bertz CT molecular complexity index is 844. The number of piperazine rings is 1. The SMILES string of the molecule is Cc1ccsc1/C=C(\C#N)C(=O)N1CCN(c2ccccc2F)CC1. The van der Waals surface area contributed by atoms with Gasteiger partial charge < -0.3 is 9.80 Å². The molecule has 25 heavy (non-hydrogen) atoms. The highest BCUT2D eigenvalue weighted by Crippen LogP contribution is 2.22. The van der Waals surface area contributed by atoms with Gasteiger partial charge >= 0.3 is 0 Å². The zero-order valence-corrected chi connectivity index (χ0v) is 14.7. The number of carbonyl (C=O) groups excluding carboxylic acids is 1. The zero-order chi connectivity index (χ0) is 17.8. The zero-order valence-electron chi connectivity index (χ0n) is 13.9. The van der Waals surface area contributed by atoms with Gasteiger partial charge in [-0.05, 0) is 42.1 Å². The van der Waals surface area contributed by atoms with Crippen LogP contribution in [-0.2, 0) is 4.79 Å². The smallest absolute Gasteiger partial charge is 0.264 e. The molecule has 6 heteroatoms. The summed E-state index contributed by atoms with van der Waals surface area (Å²) in [5.74, 6) is -0.517. The molecule has 1 saturated heterocycles. The van der Waals surface area contributed by atoms with E-state index in [2.05, 4.69) is 0 Å². The first-order chi connectivity index (χ1) is 12.1. The van der Waals surface area contributed by atoms with Crippen molar-refractivity contribution < 1.29 is 9.18 Å². The third kappa shape index (κ3) is 3.72. The van der Waals surface area contributed by atoms with Crippen LogP contribution in [0.2, 0.25) is 0 Å². The molecule has 1 amide bonds. The van der Waals surface area contributed by atoms with Gasteiger partial charge in [0.25, 0.3) is 5.91 Å². The summed E-state index contributed by atoms with van der Waals surface area (Å²) < 4.78 is 13.9. The van der Waals surface area contributed by atoms with Gasteiger partial charge in [-0.1, -0.05) is 12.1 Å². The number of para-hydroxylation sites is 1. The van der Waals surface area contributed by atoms with E-state index >= 15 is 0 Å². The summed E-state index contributed by atoms with van der Waals surface area (Å²) in [5.41, 5.74) is 1.75. The topological polar surface area (TPSA) is 47.3 Å². The Kier molecular flexibility index (Phi) is 5.15. The molecule has 1 aliphatic rings. The fourth-order valence-electron chi connectivity index (χ4n) is 2.83. The molecular weight excluding hydrogens is 337 g/mol. The monoisotopic (exact) mass is 355 g/mol. The second-order valence-electron chi connectivity index (χ2n) is 5.87. The molecule has 1 aromatic heterocycles. The number of hydrogen-bond donors (Lipinski definition) is 0.